The Balaban J connectivity index is 1.37. The van der Waals surface area contributed by atoms with E-state index in [1.807, 2.05) is 18.0 Å². The predicted molar refractivity (Wildman–Crippen MR) is 136 cm³/mol. The summed E-state index contributed by atoms with van der Waals surface area (Å²) in [7, 11) is 0. The predicted octanol–water partition coefficient (Wildman–Crippen LogP) is 5.92. The molecule has 4 heteroatoms. The van der Waals surface area contributed by atoms with E-state index in [9.17, 15) is 0 Å². The zero-order chi connectivity index (χ0) is 21.5. The highest BCUT2D eigenvalue weighted by atomic mass is 32.2. The first kappa shape index (κ1) is 21.9. The van der Waals surface area contributed by atoms with Gasteiger partial charge in [0.2, 0.25) is 0 Å². The van der Waals surface area contributed by atoms with Crippen molar-refractivity contribution in [2.24, 2.45) is 4.99 Å². The van der Waals surface area contributed by atoms with Gasteiger partial charge >= 0.3 is 0 Å². The minimum Gasteiger partial charge on any atom is -0.371 e. The smallest absolute Gasteiger partial charge is 0.169 e. The number of anilines is 1. The van der Waals surface area contributed by atoms with Crippen molar-refractivity contribution in [3.05, 3.63) is 70.0 Å². The fraction of sp³-hybridized carbons (Fsp3) is 0.407. The SMILES string of the molecule is C/C=C(\N=C/CC)SCC[n+]1ccc(/C=C/c2cc3c4c(c2)CCCN4CCC3)cc1. The Morgan fingerprint density at radius 3 is 2.39 bits per heavy atom. The lowest BCUT2D eigenvalue weighted by Crippen LogP contribution is -2.34. The number of aliphatic imine (C=N–C) groups is 1. The summed E-state index contributed by atoms with van der Waals surface area (Å²) in [5.41, 5.74) is 7.25. The Bertz CT molecular complexity index is 941. The first-order valence-corrected chi connectivity index (χ1v) is 12.6. The summed E-state index contributed by atoms with van der Waals surface area (Å²) in [6, 6.07) is 9.23. The second kappa shape index (κ2) is 10.8. The first-order chi connectivity index (χ1) is 15.3. The number of nitrogens with zero attached hydrogens (tertiary/aromatic N) is 3. The summed E-state index contributed by atoms with van der Waals surface area (Å²) in [6.07, 6.45) is 19.0. The van der Waals surface area contributed by atoms with Crippen molar-refractivity contribution < 1.29 is 4.57 Å². The molecule has 0 atom stereocenters. The molecule has 0 amide bonds. The summed E-state index contributed by atoms with van der Waals surface area (Å²) in [5.74, 6) is 1.02. The number of hydrogen-bond donors (Lipinski definition) is 0. The summed E-state index contributed by atoms with van der Waals surface area (Å²) >= 11 is 1.81. The van der Waals surface area contributed by atoms with E-state index >= 15 is 0 Å². The van der Waals surface area contributed by atoms with Crippen LogP contribution in [0, 0.1) is 0 Å². The van der Waals surface area contributed by atoms with Crippen molar-refractivity contribution >= 4 is 35.8 Å². The van der Waals surface area contributed by atoms with E-state index in [2.05, 4.69) is 83.2 Å². The topological polar surface area (TPSA) is 19.5 Å². The van der Waals surface area contributed by atoms with Crippen LogP contribution in [0.3, 0.4) is 0 Å². The van der Waals surface area contributed by atoms with Crippen LogP contribution in [0.2, 0.25) is 0 Å². The van der Waals surface area contributed by atoms with Crippen LogP contribution in [0.15, 0.2) is 52.8 Å². The lowest BCUT2D eigenvalue weighted by molar-refractivity contribution is -0.692. The van der Waals surface area contributed by atoms with Crippen LogP contribution in [-0.2, 0) is 19.4 Å². The van der Waals surface area contributed by atoms with Crippen molar-refractivity contribution in [2.75, 3.05) is 23.7 Å². The molecule has 3 heterocycles. The molecule has 0 N–H and O–H groups in total. The van der Waals surface area contributed by atoms with E-state index in [1.165, 1.54) is 49.9 Å². The second-order valence-corrected chi connectivity index (χ2v) is 9.40. The largest absolute Gasteiger partial charge is 0.371 e. The van der Waals surface area contributed by atoms with Crippen molar-refractivity contribution in [1.29, 1.82) is 0 Å². The highest BCUT2D eigenvalue weighted by Gasteiger charge is 2.23. The molecule has 0 bridgehead atoms. The number of benzene rings is 1. The number of hydrogen-bond acceptors (Lipinski definition) is 3. The number of allylic oxidation sites excluding steroid dienone is 1. The molecule has 3 nitrogen and oxygen atoms in total. The van der Waals surface area contributed by atoms with Crippen LogP contribution in [-0.4, -0.2) is 25.1 Å². The molecule has 0 aliphatic carbocycles. The molecule has 0 unspecified atom stereocenters. The van der Waals surface area contributed by atoms with E-state index in [4.69, 9.17) is 0 Å². The van der Waals surface area contributed by atoms with Gasteiger partial charge in [0.05, 0.1) is 10.8 Å². The quantitative estimate of drug-likeness (QED) is 0.381. The van der Waals surface area contributed by atoms with Crippen molar-refractivity contribution in [3.63, 3.8) is 0 Å². The summed E-state index contributed by atoms with van der Waals surface area (Å²) in [6.45, 7) is 7.62. The molecule has 1 aromatic carbocycles. The van der Waals surface area contributed by atoms with Gasteiger partial charge in [0.25, 0.3) is 0 Å². The number of thioether (sulfide) groups is 1. The van der Waals surface area contributed by atoms with Gasteiger partial charge in [-0.25, -0.2) is 4.57 Å². The third-order valence-corrected chi connectivity index (χ3v) is 7.01. The highest BCUT2D eigenvalue weighted by Crippen LogP contribution is 2.36. The maximum atomic E-state index is 4.48. The van der Waals surface area contributed by atoms with Crippen molar-refractivity contribution in [2.45, 2.75) is 52.5 Å². The average molecular weight is 433 g/mol. The fourth-order valence-corrected chi connectivity index (χ4v) is 5.31. The van der Waals surface area contributed by atoms with Gasteiger partial charge in [0.15, 0.2) is 18.9 Å². The summed E-state index contributed by atoms with van der Waals surface area (Å²) in [4.78, 5) is 7.09. The molecular weight excluding hydrogens is 398 g/mol. The summed E-state index contributed by atoms with van der Waals surface area (Å²) < 4.78 is 2.25. The van der Waals surface area contributed by atoms with Crippen LogP contribution in [0.5, 0.6) is 0 Å². The van der Waals surface area contributed by atoms with Gasteiger partial charge < -0.3 is 4.90 Å². The summed E-state index contributed by atoms with van der Waals surface area (Å²) in [5, 5.41) is 1.11. The minimum absolute atomic E-state index is 0.979. The first-order valence-electron chi connectivity index (χ1n) is 11.7. The van der Waals surface area contributed by atoms with Gasteiger partial charge in [0, 0.05) is 37.1 Å². The minimum atomic E-state index is 0.979. The molecule has 0 saturated heterocycles. The Labute approximate surface area is 191 Å². The van der Waals surface area contributed by atoms with Gasteiger partial charge in [-0.05, 0) is 73.4 Å². The monoisotopic (exact) mass is 432 g/mol. The third-order valence-electron chi connectivity index (χ3n) is 5.99. The molecule has 2 aliphatic rings. The van der Waals surface area contributed by atoms with Crippen LogP contribution < -0.4 is 9.47 Å². The Morgan fingerprint density at radius 2 is 1.74 bits per heavy atom. The highest BCUT2D eigenvalue weighted by molar-refractivity contribution is 8.03. The molecule has 0 fully saturated rings. The maximum Gasteiger partial charge on any atom is 0.169 e. The molecule has 2 aromatic rings. The van der Waals surface area contributed by atoms with Gasteiger partial charge in [-0.15, -0.1) is 11.8 Å². The van der Waals surface area contributed by atoms with Crippen molar-refractivity contribution in [1.82, 2.24) is 0 Å². The number of aromatic nitrogens is 1. The van der Waals surface area contributed by atoms with E-state index in [0.29, 0.717) is 0 Å². The Hall–Kier alpha value is -2.33. The van der Waals surface area contributed by atoms with E-state index in [-0.39, 0.29) is 0 Å². The molecule has 0 spiro atoms. The fourth-order valence-electron chi connectivity index (χ4n) is 4.48. The van der Waals surface area contributed by atoms with Gasteiger partial charge in [0.1, 0.15) is 0 Å². The van der Waals surface area contributed by atoms with Crippen LogP contribution >= 0.6 is 11.8 Å². The molecule has 31 heavy (non-hydrogen) atoms. The molecular formula is C27H34N3S+. The van der Waals surface area contributed by atoms with E-state index in [1.54, 1.807) is 16.8 Å². The Morgan fingerprint density at radius 1 is 1.06 bits per heavy atom. The van der Waals surface area contributed by atoms with E-state index in [0.717, 1.165) is 23.7 Å². The molecule has 0 saturated carbocycles. The number of pyridine rings is 1. The van der Waals surface area contributed by atoms with Crippen LogP contribution in [0.25, 0.3) is 12.2 Å². The number of rotatable bonds is 8. The lowest BCUT2D eigenvalue weighted by atomic mass is 9.90. The van der Waals surface area contributed by atoms with Gasteiger partial charge in [-0.3, -0.25) is 4.99 Å². The van der Waals surface area contributed by atoms with Crippen molar-refractivity contribution in [3.8, 4) is 0 Å². The molecule has 4 rings (SSSR count). The standard InChI is InChI=1S/C27H34N3S/c1-3-13-28-26(4-2)31-19-18-29-16-11-22(12-17-29)9-10-23-20-24-7-5-14-30-15-6-8-25(21-23)27(24)30/h4,9-13,16-17,20-21H,3,5-8,14-15,18-19H2,1-2H3/q+1/b26-4+,28-13-. The van der Waals surface area contributed by atoms with Gasteiger partial charge in [-0.2, -0.15) is 0 Å². The average Bonchev–Trinajstić information content (AvgIpc) is 2.81. The molecule has 1 aromatic heterocycles. The van der Waals surface area contributed by atoms with Crippen LogP contribution in [0.4, 0.5) is 5.69 Å². The normalized spacial score (nSPS) is 16.3. The third kappa shape index (κ3) is 5.68. The maximum absolute atomic E-state index is 4.48. The molecule has 2 aliphatic heterocycles. The zero-order valence-corrected chi connectivity index (χ0v) is 19.7. The van der Waals surface area contributed by atoms with Crippen LogP contribution in [0.1, 0.15) is 55.4 Å². The molecule has 162 valence electrons. The van der Waals surface area contributed by atoms with Gasteiger partial charge in [-0.1, -0.05) is 25.2 Å². The molecule has 0 radical (unpaired) electrons. The Kier molecular flexibility index (Phi) is 7.63. The lowest BCUT2D eigenvalue weighted by Gasteiger charge is -2.37. The second-order valence-electron chi connectivity index (χ2n) is 8.28. The zero-order valence-electron chi connectivity index (χ0n) is 18.9. The van der Waals surface area contributed by atoms with E-state index < -0.39 is 0 Å². The number of aryl methyl sites for hydroxylation is 3.